The molecule has 0 saturated heterocycles. The van der Waals surface area contributed by atoms with Gasteiger partial charge in [-0.1, -0.05) is 0 Å². The number of hydrogen-bond donors (Lipinski definition) is 0. The summed E-state index contributed by atoms with van der Waals surface area (Å²) >= 11 is -2.30. The first-order valence-electron chi connectivity index (χ1n) is 5.88. The zero-order valence-electron chi connectivity index (χ0n) is 9.98. The predicted octanol–water partition coefficient (Wildman–Crippen LogP) is 2.90. The third-order valence-electron chi connectivity index (χ3n) is 3.53. The molecule has 0 N–H and O–H groups in total. The quantitative estimate of drug-likeness (QED) is 0.764. The van der Waals surface area contributed by atoms with Gasteiger partial charge in [0.2, 0.25) is 0 Å². The van der Waals surface area contributed by atoms with Gasteiger partial charge in [0.15, 0.2) is 0 Å². The molecule has 0 atom stereocenters. The van der Waals surface area contributed by atoms with Crippen molar-refractivity contribution in [2.75, 3.05) is 0 Å². The van der Waals surface area contributed by atoms with Crippen LogP contribution in [0.4, 0.5) is 0 Å². The monoisotopic (exact) mass is 318 g/mol. The first-order chi connectivity index (χ1) is 7.77. The van der Waals surface area contributed by atoms with Gasteiger partial charge in [-0.2, -0.15) is 0 Å². The van der Waals surface area contributed by atoms with E-state index in [1.165, 1.54) is 4.44 Å². The predicted molar refractivity (Wildman–Crippen MR) is 74.3 cm³/mol. The summed E-state index contributed by atoms with van der Waals surface area (Å²) < 4.78 is 4.53. The zero-order valence-corrected chi connectivity index (χ0v) is 12.8. The molecule has 0 bridgehead atoms. The van der Waals surface area contributed by atoms with E-state index >= 15 is 0 Å². The molecule has 0 saturated carbocycles. The molecule has 0 heterocycles. The van der Waals surface area contributed by atoms with Gasteiger partial charge >= 0.3 is 102 Å². The standard InChI is InChI=1S/2C6H5.C2H5.CH3.Sn/c2*1-2-4-6-5-3-1;1-2;;/h2*1-5H;1H2,2H3;1H3;. The molecular weight excluding hydrogens is 299 g/mol. The molecule has 0 aliphatic rings. The van der Waals surface area contributed by atoms with Crippen LogP contribution < -0.4 is 7.16 Å². The number of benzene rings is 2. The van der Waals surface area contributed by atoms with Crippen molar-refractivity contribution < 1.29 is 0 Å². The SMILES string of the molecule is C[CH2][Sn]([CH3])([c]1ccccc1)[c]1ccccc1. The molecule has 0 nitrogen and oxygen atoms in total. The molecule has 0 unspecified atom stereocenters. The minimum absolute atomic E-state index is 1.32. The molecular formula is C15H18Sn. The van der Waals surface area contributed by atoms with E-state index in [2.05, 4.69) is 72.5 Å². The average molecular weight is 317 g/mol. The molecule has 2 aromatic rings. The summed E-state index contributed by atoms with van der Waals surface area (Å²) in [4.78, 5) is 2.53. The molecule has 16 heavy (non-hydrogen) atoms. The summed E-state index contributed by atoms with van der Waals surface area (Å²) in [6.45, 7) is 2.34. The summed E-state index contributed by atoms with van der Waals surface area (Å²) in [5.74, 6) is 0. The first-order valence-corrected chi connectivity index (χ1v) is 13.6. The molecule has 2 rings (SSSR count). The Labute approximate surface area is 102 Å². The van der Waals surface area contributed by atoms with Crippen LogP contribution >= 0.6 is 0 Å². The Bertz CT molecular complexity index is 394. The fraction of sp³-hybridized carbons (Fsp3) is 0.200. The number of rotatable bonds is 3. The topological polar surface area (TPSA) is 0 Å². The molecule has 0 aliphatic carbocycles. The number of hydrogen-bond acceptors (Lipinski definition) is 0. The van der Waals surface area contributed by atoms with Crippen molar-refractivity contribution in [2.45, 2.75) is 16.3 Å². The maximum atomic E-state index is 2.53. The van der Waals surface area contributed by atoms with E-state index in [-0.39, 0.29) is 0 Å². The molecule has 0 radical (unpaired) electrons. The molecule has 0 fully saturated rings. The summed E-state index contributed by atoms with van der Waals surface area (Å²) in [7, 11) is 0. The Morgan fingerprint density at radius 3 is 1.44 bits per heavy atom. The maximum absolute atomic E-state index is 2.53. The molecule has 0 aliphatic heterocycles. The van der Waals surface area contributed by atoms with Crippen LogP contribution in [0.1, 0.15) is 6.92 Å². The van der Waals surface area contributed by atoms with E-state index in [0.29, 0.717) is 0 Å². The van der Waals surface area contributed by atoms with Crippen LogP contribution in [0.15, 0.2) is 60.7 Å². The third-order valence-corrected chi connectivity index (χ3v) is 16.7. The zero-order chi connectivity index (χ0) is 11.4. The van der Waals surface area contributed by atoms with E-state index in [4.69, 9.17) is 0 Å². The van der Waals surface area contributed by atoms with Gasteiger partial charge in [-0.25, -0.2) is 0 Å². The van der Waals surface area contributed by atoms with Gasteiger partial charge in [0.25, 0.3) is 0 Å². The Morgan fingerprint density at radius 2 is 1.12 bits per heavy atom. The third kappa shape index (κ3) is 2.17. The van der Waals surface area contributed by atoms with Gasteiger partial charge in [0, 0.05) is 0 Å². The fourth-order valence-corrected chi connectivity index (χ4v) is 10.8. The van der Waals surface area contributed by atoms with E-state index < -0.39 is 18.4 Å². The van der Waals surface area contributed by atoms with Crippen LogP contribution in [0.5, 0.6) is 0 Å². The van der Waals surface area contributed by atoms with Crippen LogP contribution in [0.3, 0.4) is 0 Å². The Morgan fingerprint density at radius 1 is 0.750 bits per heavy atom. The second-order valence-corrected chi connectivity index (χ2v) is 17.3. The van der Waals surface area contributed by atoms with Crippen molar-refractivity contribution in [1.29, 1.82) is 0 Å². The van der Waals surface area contributed by atoms with E-state index in [1.54, 1.807) is 7.16 Å². The fourth-order valence-electron chi connectivity index (χ4n) is 2.19. The van der Waals surface area contributed by atoms with E-state index in [0.717, 1.165) is 0 Å². The van der Waals surface area contributed by atoms with Crippen molar-refractivity contribution >= 4 is 25.5 Å². The van der Waals surface area contributed by atoms with Crippen molar-refractivity contribution in [3.63, 3.8) is 0 Å². The van der Waals surface area contributed by atoms with Crippen LogP contribution in [0, 0.1) is 0 Å². The van der Waals surface area contributed by atoms with Crippen LogP contribution in [0.2, 0.25) is 9.38 Å². The minimum atomic E-state index is -2.30. The first kappa shape index (κ1) is 11.7. The second-order valence-electron chi connectivity index (χ2n) is 4.42. The average Bonchev–Trinajstić information content (AvgIpc) is 2.40. The molecule has 82 valence electrons. The summed E-state index contributed by atoms with van der Waals surface area (Å²) in [6.07, 6.45) is 0. The van der Waals surface area contributed by atoms with Crippen molar-refractivity contribution in [2.24, 2.45) is 0 Å². The van der Waals surface area contributed by atoms with Gasteiger partial charge in [-0.05, 0) is 0 Å². The van der Waals surface area contributed by atoms with E-state index in [9.17, 15) is 0 Å². The molecule has 0 spiro atoms. The van der Waals surface area contributed by atoms with Gasteiger partial charge < -0.3 is 0 Å². The van der Waals surface area contributed by atoms with Gasteiger partial charge in [0.1, 0.15) is 0 Å². The Kier molecular flexibility index (Phi) is 3.69. The molecule has 0 amide bonds. The second kappa shape index (κ2) is 5.05. The van der Waals surface area contributed by atoms with Crippen molar-refractivity contribution in [3.8, 4) is 0 Å². The summed E-state index contributed by atoms with van der Waals surface area (Å²) in [6, 6.07) is 22.1. The Hall–Kier alpha value is -0.761. The van der Waals surface area contributed by atoms with Gasteiger partial charge in [0.05, 0.1) is 0 Å². The van der Waals surface area contributed by atoms with Crippen molar-refractivity contribution in [1.82, 2.24) is 0 Å². The van der Waals surface area contributed by atoms with Gasteiger partial charge in [-0.3, -0.25) is 0 Å². The van der Waals surface area contributed by atoms with Crippen LogP contribution in [-0.4, -0.2) is 18.4 Å². The summed E-state index contributed by atoms with van der Waals surface area (Å²) in [5.41, 5.74) is 0. The van der Waals surface area contributed by atoms with Crippen molar-refractivity contribution in [3.05, 3.63) is 60.7 Å². The normalized spacial score (nSPS) is 11.4. The van der Waals surface area contributed by atoms with Crippen LogP contribution in [-0.2, 0) is 0 Å². The summed E-state index contributed by atoms with van der Waals surface area (Å²) in [5, 5.41) is 0. The molecule has 1 heteroatoms. The van der Waals surface area contributed by atoms with E-state index in [1.807, 2.05) is 0 Å². The van der Waals surface area contributed by atoms with Gasteiger partial charge in [-0.15, -0.1) is 0 Å². The molecule has 0 aromatic heterocycles. The molecule has 2 aromatic carbocycles. The Balaban J connectivity index is 2.49. The van der Waals surface area contributed by atoms with Crippen LogP contribution in [0.25, 0.3) is 0 Å².